The van der Waals surface area contributed by atoms with Crippen molar-refractivity contribution in [1.82, 2.24) is 5.32 Å². The summed E-state index contributed by atoms with van der Waals surface area (Å²) in [5.41, 5.74) is 2.52. The summed E-state index contributed by atoms with van der Waals surface area (Å²) in [6, 6.07) is 6.14. The molecule has 1 fully saturated rings. The number of phenolic OH excluding ortho intramolecular Hbond substituents is 1. The maximum Gasteiger partial charge on any atom is 0.115 e. The quantitative estimate of drug-likeness (QED) is 0.715. The summed E-state index contributed by atoms with van der Waals surface area (Å²) < 4.78 is 0. The van der Waals surface area contributed by atoms with Crippen molar-refractivity contribution in [2.75, 3.05) is 6.54 Å². The molecule has 1 saturated heterocycles. The van der Waals surface area contributed by atoms with E-state index in [-0.39, 0.29) is 0 Å². The third-order valence-electron chi connectivity index (χ3n) is 2.94. The van der Waals surface area contributed by atoms with Crippen molar-refractivity contribution in [2.24, 2.45) is 0 Å². The highest BCUT2D eigenvalue weighted by Crippen LogP contribution is 2.27. The second-order valence-corrected chi connectivity index (χ2v) is 4.04. The fourth-order valence-electron chi connectivity index (χ4n) is 2.17. The molecule has 1 aliphatic heterocycles. The predicted octanol–water partition coefficient (Wildman–Crippen LogP) is 2.52. The van der Waals surface area contributed by atoms with Crippen molar-refractivity contribution in [1.29, 1.82) is 0 Å². The van der Waals surface area contributed by atoms with Crippen molar-refractivity contribution in [2.45, 2.75) is 32.2 Å². The molecule has 0 aliphatic carbocycles. The zero-order chi connectivity index (χ0) is 9.97. The van der Waals surface area contributed by atoms with E-state index in [9.17, 15) is 5.11 Å². The summed E-state index contributed by atoms with van der Waals surface area (Å²) in [7, 11) is 0. The maximum absolute atomic E-state index is 9.32. The van der Waals surface area contributed by atoms with Gasteiger partial charge in [-0.05, 0) is 49.6 Å². The largest absolute Gasteiger partial charge is 0.508 e. The molecule has 0 amide bonds. The van der Waals surface area contributed by atoms with Crippen LogP contribution in [0.3, 0.4) is 0 Å². The molecule has 2 rings (SSSR count). The minimum Gasteiger partial charge on any atom is -0.508 e. The summed E-state index contributed by atoms with van der Waals surface area (Å²) in [6.07, 6.45) is 3.80. The highest BCUT2D eigenvalue weighted by atomic mass is 16.3. The fourth-order valence-corrected chi connectivity index (χ4v) is 2.17. The first-order valence-corrected chi connectivity index (χ1v) is 5.30. The van der Waals surface area contributed by atoms with E-state index in [4.69, 9.17) is 0 Å². The predicted molar refractivity (Wildman–Crippen MR) is 57.4 cm³/mol. The number of hydrogen-bond donors (Lipinski definition) is 2. The molecule has 1 aromatic rings. The Balaban J connectivity index is 2.22. The first kappa shape index (κ1) is 9.53. The van der Waals surface area contributed by atoms with Gasteiger partial charge in [0.15, 0.2) is 0 Å². The Morgan fingerprint density at radius 2 is 2.21 bits per heavy atom. The molecule has 76 valence electrons. The highest BCUT2D eigenvalue weighted by Gasteiger charge is 2.16. The Bertz CT molecular complexity index is 316. The monoisotopic (exact) mass is 191 g/mol. The van der Waals surface area contributed by atoms with Gasteiger partial charge in [-0.25, -0.2) is 0 Å². The first-order chi connectivity index (χ1) is 6.77. The molecule has 2 N–H and O–H groups in total. The van der Waals surface area contributed by atoms with Crippen LogP contribution >= 0.6 is 0 Å². The lowest BCUT2D eigenvalue weighted by atomic mass is 9.94. The molecule has 0 aromatic heterocycles. The molecular weight excluding hydrogens is 174 g/mol. The first-order valence-electron chi connectivity index (χ1n) is 5.30. The minimum atomic E-state index is 0.363. The number of piperidine rings is 1. The molecule has 1 aromatic carbocycles. The van der Waals surface area contributed by atoms with E-state index in [0.29, 0.717) is 11.8 Å². The lowest BCUT2D eigenvalue weighted by Crippen LogP contribution is -2.27. The zero-order valence-electron chi connectivity index (χ0n) is 8.59. The van der Waals surface area contributed by atoms with Crippen LogP contribution in [0.25, 0.3) is 0 Å². The van der Waals surface area contributed by atoms with E-state index in [2.05, 4.69) is 12.2 Å². The molecule has 1 heterocycles. The smallest absolute Gasteiger partial charge is 0.115 e. The highest BCUT2D eigenvalue weighted by molar-refractivity contribution is 5.36. The van der Waals surface area contributed by atoms with Gasteiger partial charge in [-0.2, -0.15) is 0 Å². The molecule has 2 heteroatoms. The molecule has 1 aliphatic rings. The average molecular weight is 191 g/mol. The van der Waals surface area contributed by atoms with E-state index < -0.39 is 0 Å². The topological polar surface area (TPSA) is 32.3 Å². The summed E-state index contributed by atoms with van der Waals surface area (Å²) in [5, 5.41) is 12.8. The molecule has 0 saturated carbocycles. The van der Waals surface area contributed by atoms with Gasteiger partial charge in [-0.3, -0.25) is 0 Å². The standard InChI is InChI=1S/C12H17NO/c1-9-8-10(14)5-6-11(9)12-4-2-3-7-13-12/h5-6,8,12-14H,2-4,7H2,1H3/t12-/m1/s1. The number of rotatable bonds is 1. The second kappa shape index (κ2) is 4.01. The van der Waals surface area contributed by atoms with Crippen molar-refractivity contribution >= 4 is 0 Å². The normalized spacial score (nSPS) is 22.2. The SMILES string of the molecule is Cc1cc(O)ccc1[C@H]1CCCCN1. The second-order valence-electron chi connectivity index (χ2n) is 4.04. The van der Waals surface area contributed by atoms with Gasteiger partial charge in [0.25, 0.3) is 0 Å². The number of aryl methyl sites for hydroxylation is 1. The minimum absolute atomic E-state index is 0.363. The fraction of sp³-hybridized carbons (Fsp3) is 0.500. The summed E-state index contributed by atoms with van der Waals surface area (Å²) in [5.74, 6) is 0.363. The molecule has 14 heavy (non-hydrogen) atoms. The maximum atomic E-state index is 9.32. The molecule has 1 atom stereocenters. The Labute approximate surface area is 85.0 Å². The number of aromatic hydroxyl groups is 1. The van der Waals surface area contributed by atoms with Crippen molar-refractivity contribution < 1.29 is 5.11 Å². The van der Waals surface area contributed by atoms with Crippen LogP contribution in [0.1, 0.15) is 36.4 Å². The van der Waals surface area contributed by atoms with Crippen LogP contribution in [-0.2, 0) is 0 Å². The number of hydrogen-bond acceptors (Lipinski definition) is 2. The molecule has 0 bridgehead atoms. The lowest BCUT2D eigenvalue weighted by Gasteiger charge is -2.25. The van der Waals surface area contributed by atoms with Crippen molar-refractivity contribution in [3.8, 4) is 5.75 Å². The molecule has 0 unspecified atom stereocenters. The van der Waals surface area contributed by atoms with E-state index >= 15 is 0 Å². The van der Waals surface area contributed by atoms with Crippen LogP contribution in [0, 0.1) is 6.92 Å². The summed E-state index contributed by atoms with van der Waals surface area (Å²) in [4.78, 5) is 0. The van der Waals surface area contributed by atoms with Gasteiger partial charge in [0.05, 0.1) is 0 Å². The van der Waals surface area contributed by atoms with Crippen LogP contribution in [0.15, 0.2) is 18.2 Å². The van der Waals surface area contributed by atoms with Gasteiger partial charge in [-0.1, -0.05) is 12.5 Å². The van der Waals surface area contributed by atoms with Crippen LogP contribution in [0.2, 0.25) is 0 Å². The van der Waals surface area contributed by atoms with Crippen molar-refractivity contribution in [3.05, 3.63) is 29.3 Å². The third kappa shape index (κ3) is 1.90. The average Bonchev–Trinajstić information content (AvgIpc) is 2.19. The lowest BCUT2D eigenvalue weighted by molar-refractivity contribution is 0.410. The van der Waals surface area contributed by atoms with Gasteiger partial charge >= 0.3 is 0 Å². The van der Waals surface area contributed by atoms with Crippen LogP contribution in [-0.4, -0.2) is 11.7 Å². The molecule has 0 radical (unpaired) electrons. The van der Waals surface area contributed by atoms with Gasteiger partial charge in [-0.15, -0.1) is 0 Å². The Morgan fingerprint density at radius 1 is 1.36 bits per heavy atom. The van der Waals surface area contributed by atoms with Gasteiger partial charge < -0.3 is 10.4 Å². The molecule has 2 nitrogen and oxygen atoms in total. The number of nitrogens with one attached hydrogen (secondary N) is 1. The summed E-state index contributed by atoms with van der Waals surface area (Å²) >= 11 is 0. The van der Waals surface area contributed by atoms with E-state index in [1.165, 1.54) is 30.4 Å². The van der Waals surface area contributed by atoms with Crippen molar-refractivity contribution in [3.63, 3.8) is 0 Å². The van der Waals surface area contributed by atoms with Crippen LogP contribution < -0.4 is 5.32 Å². The summed E-state index contributed by atoms with van der Waals surface area (Å²) in [6.45, 7) is 3.18. The van der Waals surface area contributed by atoms with E-state index in [1.807, 2.05) is 12.1 Å². The van der Waals surface area contributed by atoms with Crippen LogP contribution in [0.4, 0.5) is 0 Å². The van der Waals surface area contributed by atoms with E-state index in [1.54, 1.807) is 6.07 Å². The molecule has 0 spiro atoms. The Hall–Kier alpha value is -1.02. The van der Waals surface area contributed by atoms with Gasteiger partial charge in [0, 0.05) is 6.04 Å². The van der Waals surface area contributed by atoms with Crippen LogP contribution in [0.5, 0.6) is 5.75 Å². The van der Waals surface area contributed by atoms with Gasteiger partial charge in [0.1, 0.15) is 5.75 Å². The van der Waals surface area contributed by atoms with Gasteiger partial charge in [0.2, 0.25) is 0 Å². The number of phenols is 1. The Kier molecular flexibility index (Phi) is 2.73. The Morgan fingerprint density at radius 3 is 2.86 bits per heavy atom. The van der Waals surface area contributed by atoms with E-state index in [0.717, 1.165) is 6.54 Å². The third-order valence-corrected chi connectivity index (χ3v) is 2.94. The number of benzene rings is 1. The zero-order valence-corrected chi connectivity index (χ0v) is 8.59. The molecular formula is C12H17NO.